The van der Waals surface area contributed by atoms with E-state index < -0.39 is 5.91 Å². The molecule has 1 heterocycles. The van der Waals surface area contributed by atoms with Crippen LogP contribution >= 0.6 is 11.3 Å². The second-order valence-electron chi connectivity index (χ2n) is 3.10. The molecule has 1 amide bonds. The first kappa shape index (κ1) is 10.6. The largest absolute Gasteiger partial charge is 0.375 e. The van der Waals surface area contributed by atoms with E-state index in [1.165, 1.54) is 12.1 Å². The molecule has 0 spiro atoms. The Morgan fingerprint density at radius 3 is 2.50 bits per heavy atom. The number of thiazole rings is 1. The highest BCUT2D eigenvalue weighted by Crippen LogP contribution is 2.31. The molecule has 82 valence electrons. The Kier molecular flexibility index (Phi) is 2.57. The fraction of sp³-hybridized carbons (Fsp3) is 0. The number of halogens is 1. The fourth-order valence-corrected chi connectivity index (χ4v) is 2.14. The summed E-state index contributed by atoms with van der Waals surface area (Å²) in [5, 5.41) is 0.258. The summed E-state index contributed by atoms with van der Waals surface area (Å²) < 4.78 is 12.7. The number of carbonyl (C=O) groups is 1. The van der Waals surface area contributed by atoms with Crippen LogP contribution < -0.4 is 11.5 Å². The molecule has 0 atom stereocenters. The van der Waals surface area contributed by atoms with Gasteiger partial charge in [-0.1, -0.05) is 23.5 Å². The smallest absolute Gasteiger partial charge is 0.268 e. The quantitative estimate of drug-likeness (QED) is 0.832. The zero-order chi connectivity index (χ0) is 11.7. The fourth-order valence-electron chi connectivity index (χ4n) is 1.30. The molecule has 6 heteroatoms. The van der Waals surface area contributed by atoms with Gasteiger partial charge in [0.1, 0.15) is 11.5 Å². The van der Waals surface area contributed by atoms with Crippen molar-refractivity contribution in [3.05, 3.63) is 35.8 Å². The first-order chi connectivity index (χ1) is 7.58. The Labute approximate surface area is 94.7 Å². The summed E-state index contributed by atoms with van der Waals surface area (Å²) in [5.74, 6) is -0.992. The average molecular weight is 237 g/mol. The van der Waals surface area contributed by atoms with Crippen LogP contribution in [0.25, 0.3) is 10.4 Å². The van der Waals surface area contributed by atoms with Gasteiger partial charge in [0.05, 0.1) is 4.88 Å². The van der Waals surface area contributed by atoms with Crippen molar-refractivity contribution in [3.8, 4) is 10.4 Å². The zero-order valence-electron chi connectivity index (χ0n) is 8.11. The molecule has 4 nitrogen and oxygen atoms in total. The van der Waals surface area contributed by atoms with E-state index in [2.05, 4.69) is 4.98 Å². The lowest BCUT2D eigenvalue weighted by Crippen LogP contribution is -2.12. The lowest BCUT2D eigenvalue weighted by molar-refractivity contribution is 0.0997. The monoisotopic (exact) mass is 237 g/mol. The lowest BCUT2D eigenvalue weighted by Gasteiger charge is -1.98. The molecule has 2 rings (SSSR count). The molecule has 0 bridgehead atoms. The predicted molar refractivity (Wildman–Crippen MR) is 60.4 cm³/mol. The number of aromatic nitrogens is 1. The summed E-state index contributed by atoms with van der Waals surface area (Å²) in [6.45, 7) is 0. The van der Waals surface area contributed by atoms with E-state index in [1.54, 1.807) is 12.1 Å². The molecule has 0 aliphatic heterocycles. The van der Waals surface area contributed by atoms with Gasteiger partial charge in [0.25, 0.3) is 5.91 Å². The number of rotatable bonds is 2. The maximum atomic E-state index is 12.7. The maximum absolute atomic E-state index is 12.7. The summed E-state index contributed by atoms with van der Waals surface area (Å²) in [6.07, 6.45) is 0. The Morgan fingerprint density at radius 1 is 1.31 bits per heavy atom. The first-order valence-electron chi connectivity index (χ1n) is 4.40. The van der Waals surface area contributed by atoms with E-state index in [1.807, 2.05) is 0 Å². The van der Waals surface area contributed by atoms with Gasteiger partial charge in [0, 0.05) is 0 Å². The van der Waals surface area contributed by atoms with Crippen LogP contribution in [0.3, 0.4) is 0 Å². The summed E-state index contributed by atoms with van der Waals surface area (Å²) in [7, 11) is 0. The van der Waals surface area contributed by atoms with Crippen LogP contribution in [0, 0.1) is 5.82 Å². The highest BCUT2D eigenvalue weighted by molar-refractivity contribution is 7.19. The van der Waals surface area contributed by atoms with Gasteiger partial charge in [0.2, 0.25) is 0 Å². The Balaban J connectivity index is 2.55. The summed E-state index contributed by atoms with van der Waals surface area (Å²) in [4.78, 5) is 15.5. The summed E-state index contributed by atoms with van der Waals surface area (Å²) in [6, 6.07) is 5.70. The van der Waals surface area contributed by atoms with Crippen LogP contribution in [0.4, 0.5) is 9.52 Å². The van der Waals surface area contributed by atoms with Crippen molar-refractivity contribution in [1.82, 2.24) is 4.98 Å². The molecule has 0 radical (unpaired) electrons. The van der Waals surface area contributed by atoms with Gasteiger partial charge in [-0.3, -0.25) is 4.79 Å². The van der Waals surface area contributed by atoms with E-state index >= 15 is 0 Å². The molecule has 1 aromatic heterocycles. The SMILES string of the molecule is NC(=O)c1nc(N)sc1-c1ccc(F)cc1. The van der Waals surface area contributed by atoms with Crippen molar-refractivity contribution in [2.24, 2.45) is 5.73 Å². The normalized spacial score (nSPS) is 10.3. The number of hydrogen-bond acceptors (Lipinski definition) is 4. The summed E-state index contributed by atoms with van der Waals surface area (Å²) >= 11 is 1.15. The Morgan fingerprint density at radius 2 is 1.94 bits per heavy atom. The molecular weight excluding hydrogens is 229 g/mol. The molecule has 0 fully saturated rings. The minimum absolute atomic E-state index is 0.120. The van der Waals surface area contributed by atoms with Gasteiger partial charge in [-0.25, -0.2) is 9.37 Å². The summed E-state index contributed by atoms with van der Waals surface area (Å²) in [5.41, 5.74) is 11.5. The molecule has 16 heavy (non-hydrogen) atoms. The van der Waals surface area contributed by atoms with Crippen LogP contribution in [0.5, 0.6) is 0 Å². The standard InChI is InChI=1S/C10H8FN3OS/c11-6-3-1-5(2-4-6)8-7(9(12)15)14-10(13)16-8/h1-4H,(H2,12,15)(H2,13,14). The number of nitrogens with two attached hydrogens (primary N) is 2. The molecule has 0 aliphatic rings. The van der Waals surface area contributed by atoms with Gasteiger partial charge in [0.15, 0.2) is 5.13 Å². The molecule has 0 saturated heterocycles. The van der Waals surface area contributed by atoms with E-state index in [9.17, 15) is 9.18 Å². The lowest BCUT2D eigenvalue weighted by atomic mass is 10.1. The van der Waals surface area contributed by atoms with Crippen LogP contribution in [0.1, 0.15) is 10.5 Å². The van der Waals surface area contributed by atoms with Crippen molar-refractivity contribution >= 4 is 22.4 Å². The Bertz CT molecular complexity index is 535. The van der Waals surface area contributed by atoms with Crippen LogP contribution in [0.15, 0.2) is 24.3 Å². The number of benzene rings is 1. The number of anilines is 1. The van der Waals surface area contributed by atoms with Crippen molar-refractivity contribution in [2.45, 2.75) is 0 Å². The van der Waals surface area contributed by atoms with Crippen LogP contribution in [0.2, 0.25) is 0 Å². The average Bonchev–Trinajstić information content (AvgIpc) is 2.61. The number of carbonyl (C=O) groups excluding carboxylic acids is 1. The molecule has 4 N–H and O–H groups in total. The second-order valence-corrected chi connectivity index (χ2v) is 4.13. The highest BCUT2D eigenvalue weighted by Gasteiger charge is 2.15. The van der Waals surface area contributed by atoms with Crippen molar-refractivity contribution < 1.29 is 9.18 Å². The first-order valence-corrected chi connectivity index (χ1v) is 5.21. The van der Waals surface area contributed by atoms with Gasteiger partial charge >= 0.3 is 0 Å². The van der Waals surface area contributed by atoms with Crippen molar-refractivity contribution in [3.63, 3.8) is 0 Å². The van der Waals surface area contributed by atoms with Crippen LogP contribution in [-0.4, -0.2) is 10.9 Å². The number of amides is 1. The number of hydrogen-bond donors (Lipinski definition) is 2. The number of nitrogen functional groups attached to an aromatic ring is 1. The molecule has 0 saturated carbocycles. The molecule has 2 aromatic rings. The van der Waals surface area contributed by atoms with E-state index in [4.69, 9.17) is 11.5 Å². The number of primary amides is 1. The maximum Gasteiger partial charge on any atom is 0.268 e. The molecule has 0 unspecified atom stereocenters. The second kappa shape index (κ2) is 3.90. The number of nitrogens with zero attached hydrogens (tertiary/aromatic N) is 1. The minimum Gasteiger partial charge on any atom is -0.375 e. The minimum atomic E-state index is -0.646. The Hall–Kier alpha value is -1.95. The molecule has 1 aromatic carbocycles. The van der Waals surface area contributed by atoms with Gasteiger partial charge in [-0.2, -0.15) is 0 Å². The van der Waals surface area contributed by atoms with Gasteiger partial charge < -0.3 is 11.5 Å². The third-order valence-electron chi connectivity index (χ3n) is 1.98. The van der Waals surface area contributed by atoms with E-state index in [0.717, 1.165) is 11.3 Å². The van der Waals surface area contributed by atoms with Crippen LogP contribution in [-0.2, 0) is 0 Å². The third kappa shape index (κ3) is 1.87. The zero-order valence-corrected chi connectivity index (χ0v) is 8.92. The van der Waals surface area contributed by atoms with Gasteiger partial charge in [-0.05, 0) is 17.7 Å². The predicted octanol–water partition coefficient (Wildman–Crippen LogP) is 1.63. The highest BCUT2D eigenvalue weighted by atomic mass is 32.1. The van der Waals surface area contributed by atoms with Gasteiger partial charge in [-0.15, -0.1) is 0 Å². The van der Waals surface area contributed by atoms with E-state index in [0.29, 0.717) is 10.4 Å². The van der Waals surface area contributed by atoms with Crippen molar-refractivity contribution in [2.75, 3.05) is 5.73 Å². The van der Waals surface area contributed by atoms with E-state index in [-0.39, 0.29) is 16.6 Å². The molecular formula is C10H8FN3OS. The molecule has 0 aliphatic carbocycles. The van der Waals surface area contributed by atoms with Crippen molar-refractivity contribution in [1.29, 1.82) is 0 Å². The topological polar surface area (TPSA) is 82.0 Å². The third-order valence-corrected chi connectivity index (χ3v) is 2.92.